The van der Waals surface area contributed by atoms with Crippen LogP contribution in [0.25, 0.3) is 16.5 Å². The summed E-state index contributed by atoms with van der Waals surface area (Å²) in [6, 6.07) is 21.0. The average molecular weight is 452 g/mol. The number of rotatable bonds is 3. The third kappa shape index (κ3) is 6.54. The molecule has 25 heavy (non-hydrogen) atoms. The van der Waals surface area contributed by atoms with Crippen LogP contribution in [0.15, 0.2) is 73.3 Å². The molecule has 0 aliphatic carbocycles. The van der Waals surface area contributed by atoms with Crippen LogP contribution >= 0.6 is 0 Å². The largest absolute Gasteiger partial charge is 4.00 e. The van der Waals surface area contributed by atoms with Gasteiger partial charge in [-0.05, 0) is 5.69 Å². The van der Waals surface area contributed by atoms with E-state index in [0.717, 1.165) is 5.69 Å². The molecule has 3 aromatic carbocycles. The van der Waals surface area contributed by atoms with Gasteiger partial charge in [0.25, 0.3) is 0 Å². The van der Waals surface area contributed by atoms with Crippen LogP contribution in [-0.4, -0.2) is 14.8 Å². The van der Waals surface area contributed by atoms with Crippen LogP contribution in [0.3, 0.4) is 0 Å². The molecule has 0 saturated heterocycles. The Hall–Kier alpha value is -1.22. The summed E-state index contributed by atoms with van der Waals surface area (Å²) in [6.45, 7) is 2.20. The summed E-state index contributed by atoms with van der Waals surface area (Å²) >= 11 is 0. The normalized spacial score (nSPS) is 9.16. The molecule has 3 nitrogen and oxygen atoms in total. The van der Waals surface area contributed by atoms with Crippen molar-refractivity contribution in [2.45, 2.75) is 19.8 Å². The summed E-state index contributed by atoms with van der Waals surface area (Å²) in [4.78, 5) is 0. The molecule has 0 aliphatic rings. The molecule has 0 amide bonds. The van der Waals surface area contributed by atoms with Crippen LogP contribution in [0.1, 0.15) is 18.9 Å². The van der Waals surface area contributed by atoms with Crippen molar-refractivity contribution in [2.75, 3.05) is 0 Å². The summed E-state index contributed by atoms with van der Waals surface area (Å²) < 4.78 is 1.90. The number of hydrogen-bond acceptors (Lipinski definition) is 2. The second kappa shape index (κ2) is 12.2. The van der Waals surface area contributed by atoms with E-state index in [4.69, 9.17) is 0 Å². The maximum absolute atomic E-state index is 3.78. The maximum Gasteiger partial charge on any atom is 4.00 e. The predicted octanol–water partition coefficient (Wildman–Crippen LogP) is -1.50. The van der Waals surface area contributed by atoms with Crippen molar-refractivity contribution in [1.82, 2.24) is 14.8 Å². The Balaban J connectivity index is 0.000000462. The molecule has 1 heterocycles. The van der Waals surface area contributed by atoms with Gasteiger partial charge >= 0.3 is 26.2 Å². The molecule has 0 fully saturated rings. The average Bonchev–Trinajstić information content (AvgIpc) is 3.29. The van der Waals surface area contributed by atoms with Gasteiger partial charge in [-0.25, -0.2) is 12.1 Å². The van der Waals surface area contributed by atoms with Gasteiger partial charge in [0.1, 0.15) is 12.7 Å². The van der Waals surface area contributed by atoms with Crippen molar-refractivity contribution < 1.29 is 51.0 Å². The van der Waals surface area contributed by atoms with E-state index >= 15 is 0 Å². The molecule has 0 spiro atoms. The number of nitrogens with zero attached hydrogens (tertiary/aromatic N) is 3. The van der Waals surface area contributed by atoms with E-state index in [2.05, 4.69) is 65.7 Å². The van der Waals surface area contributed by atoms with Crippen molar-refractivity contribution in [3.05, 3.63) is 78.9 Å². The standard InChI is InChI=1S/C11H8N3.C8H11.2ClH.Zr/c1-2-4-10-6-11(5-9(10)3-1)14-7-12-13-8-14;1-2-5-8-6-3-4-7-8;;;/h1-8H;3-4,6-7H,2,5H2,1H3;2*1H;/q2*-1;;;+4/p-2. The molecule has 128 valence electrons. The summed E-state index contributed by atoms with van der Waals surface area (Å²) in [6.07, 6.45) is 5.89. The first-order chi connectivity index (χ1) is 10.9. The van der Waals surface area contributed by atoms with Crippen molar-refractivity contribution >= 4 is 10.8 Å². The minimum atomic E-state index is 0. The predicted molar refractivity (Wildman–Crippen MR) is 90.5 cm³/mol. The zero-order chi connectivity index (χ0) is 15.2. The minimum Gasteiger partial charge on any atom is -1.00 e. The fraction of sp³-hybridized carbons (Fsp3) is 0.158. The summed E-state index contributed by atoms with van der Waals surface area (Å²) in [7, 11) is 0. The van der Waals surface area contributed by atoms with Crippen molar-refractivity contribution in [3.63, 3.8) is 0 Å². The first kappa shape index (κ1) is 23.8. The Morgan fingerprint density at radius 2 is 1.64 bits per heavy atom. The molecule has 1 aromatic heterocycles. The fourth-order valence-electron chi connectivity index (χ4n) is 2.49. The van der Waals surface area contributed by atoms with Gasteiger partial charge in [-0.2, -0.15) is 17.7 Å². The van der Waals surface area contributed by atoms with E-state index in [1.807, 2.05) is 16.7 Å². The Bertz CT molecular complexity index is 775. The number of benzene rings is 1. The molecule has 6 heteroatoms. The molecule has 4 aromatic rings. The third-order valence-corrected chi connectivity index (χ3v) is 3.59. The Morgan fingerprint density at radius 1 is 1.00 bits per heavy atom. The van der Waals surface area contributed by atoms with Gasteiger partial charge in [-0.15, -0.1) is 51.3 Å². The minimum absolute atomic E-state index is 0. The van der Waals surface area contributed by atoms with Gasteiger partial charge in [0.15, 0.2) is 0 Å². The molecule has 0 N–H and O–H groups in total. The number of aromatic nitrogens is 3. The van der Waals surface area contributed by atoms with Crippen molar-refractivity contribution in [3.8, 4) is 5.69 Å². The monoisotopic (exact) mass is 449 g/mol. The van der Waals surface area contributed by atoms with Gasteiger partial charge in [0, 0.05) is 0 Å². The van der Waals surface area contributed by atoms with E-state index in [9.17, 15) is 0 Å². The molecule has 0 radical (unpaired) electrons. The summed E-state index contributed by atoms with van der Waals surface area (Å²) in [5.74, 6) is 0. The Labute approximate surface area is 180 Å². The third-order valence-electron chi connectivity index (χ3n) is 3.59. The number of aryl methyl sites for hydroxylation is 1. The smallest absolute Gasteiger partial charge is 1.00 e. The van der Waals surface area contributed by atoms with Crippen LogP contribution in [0.5, 0.6) is 0 Å². The molecule has 0 unspecified atom stereocenters. The zero-order valence-electron chi connectivity index (χ0n) is 13.9. The van der Waals surface area contributed by atoms with Crippen LogP contribution < -0.4 is 24.8 Å². The fourth-order valence-corrected chi connectivity index (χ4v) is 2.49. The number of halogens is 2. The van der Waals surface area contributed by atoms with Crippen LogP contribution in [0.2, 0.25) is 0 Å². The van der Waals surface area contributed by atoms with E-state index in [1.54, 1.807) is 12.7 Å². The molecular weight excluding hydrogens is 432 g/mol. The van der Waals surface area contributed by atoms with Crippen LogP contribution in [0, 0.1) is 0 Å². The Morgan fingerprint density at radius 3 is 2.24 bits per heavy atom. The maximum atomic E-state index is 3.78. The van der Waals surface area contributed by atoms with Gasteiger partial charge in [0.05, 0.1) is 0 Å². The SMILES string of the molecule is CCC[c-]1cccc1.[Cl-].[Cl-].[Zr+4].c1ccc2[cH-]c(-n3cnnc3)cc2c1. The van der Waals surface area contributed by atoms with E-state index in [-0.39, 0.29) is 51.0 Å². The molecule has 4 rings (SSSR count). The summed E-state index contributed by atoms with van der Waals surface area (Å²) in [5.41, 5.74) is 2.57. The number of hydrogen-bond donors (Lipinski definition) is 0. The molecule has 0 aliphatic heterocycles. The number of fused-ring (bicyclic) bond motifs is 1. The quantitative estimate of drug-likeness (QED) is 0.355. The van der Waals surface area contributed by atoms with Crippen LogP contribution in [-0.2, 0) is 32.6 Å². The van der Waals surface area contributed by atoms with Gasteiger partial charge in [-0.3, -0.25) is 0 Å². The van der Waals surface area contributed by atoms with Gasteiger partial charge in [0.2, 0.25) is 0 Å². The van der Waals surface area contributed by atoms with Crippen molar-refractivity contribution in [2.24, 2.45) is 0 Å². The van der Waals surface area contributed by atoms with Crippen molar-refractivity contribution in [1.29, 1.82) is 0 Å². The van der Waals surface area contributed by atoms with E-state index in [0.29, 0.717) is 0 Å². The second-order valence-electron chi connectivity index (χ2n) is 5.25. The second-order valence-corrected chi connectivity index (χ2v) is 5.25. The first-order valence-electron chi connectivity index (χ1n) is 7.58. The van der Waals surface area contributed by atoms with E-state index < -0.39 is 0 Å². The molecule has 0 saturated carbocycles. The Kier molecular flexibility index (Phi) is 11.6. The topological polar surface area (TPSA) is 30.7 Å². The molecule has 0 bridgehead atoms. The van der Waals surface area contributed by atoms with Gasteiger partial charge in [-0.1, -0.05) is 25.8 Å². The van der Waals surface area contributed by atoms with Crippen LogP contribution in [0.4, 0.5) is 0 Å². The van der Waals surface area contributed by atoms with Gasteiger partial charge < -0.3 is 29.4 Å². The summed E-state index contributed by atoms with van der Waals surface area (Å²) in [5, 5.41) is 10.1. The molecular formula is C19H19Cl2N3Zr. The van der Waals surface area contributed by atoms with E-state index in [1.165, 1.54) is 29.2 Å². The first-order valence-corrected chi connectivity index (χ1v) is 7.58. The molecule has 0 atom stereocenters. The zero-order valence-corrected chi connectivity index (χ0v) is 17.9.